The molecule has 0 aliphatic rings. The summed E-state index contributed by atoms with van der Waals surface area (Å²) >= 11 is 1.13. The number of aromatic nitrogens is 2. The van der Waals surface area contributed by atoms with Gasteiger partial charge in [0.1, 0.15) is 10.6 Å². The van der Waals surface area contributed by atoms with E-state index in [0.717, 1.165) is 23.0 Å². The first-order valence-corrected chi connectivity index (χ1v) is 7.15. The predicted molar refractivity (Wildman–Crippen MR) is 74.6 cm³/mol. The van der Waals surface area contributed by atoms with Gasteiger partial charge in [0.2, 0.25) is 0 Å². The Balaban J connectivity index is 2.15. The second-order valence-electron chi connectivity index (χ2n) is 4.20. The molecule has 6 nitrogen and oxygen atoms in total. The first-order valence-electron chi connectivity index (χ1n) is 6.38. The van der Waals surface area contributed by atoms with Crippen LogP contribution in [0.3, 0.4) is 0 Å². The van der Waals surface area contributed by atoms with E-state index in [2.05, 4.69) is 9.59 Å². The molecule has 0 fully saturated rings. The third-order valence-corrected chi connectivity index (χ3v) is 3.62. The molecule has 0 unspecified atom stereocenters. The van der Waals surface area contributed by atoms with Gasteiger partial charge in [-0.1, -0.05) is 11.4 Å². The van der Waals surface area contributed by atoms with Gasteiger partial charge < -0.3 is 14.1 Å². The van der Waals surface area contributed by atoms with Crippen LogP contribution >= 0.6 is 11.5 Å². The monoisotopic (exact) mass is 295 g/mol. The van der Waals surface area contributed by atoms with E-state index in [4.69, 9.17) is 9.15 Å². The van der Waals surface area contributed by atoms with Gasteiger partial charge in [-0.25, -0.2) is 0 Å². The maximum atomic E-state index is 12.6. The van der Waals surface area contributed by atoms with Crippen molar-refractivity contribution in [3.05, 3.63) is 34.7 Å². The third kappa shape index (κ3) is 3.43. The van der Waals surface area contributed by atoms with Gasteiger partial charge in [0.05, 0.1) is 25.1 Å². The smallest absolute Gasteiger partial charge is 0.268 e. The van der Waals surface area contributed by atoms with Gasteiger partial charge in [0, 0.05) is 13.7 Å². The number of hydrogen-bond donors (Lipinski definition) is 0. The standard InChI is InChI=1S/C13H17N3O3S/c1-3-11-12(20-15-14-11)13(17)16(6-8-18-2)9-10-5-4-7-19-10/h4-5,7H,3,6,8-9H2,1-2H3. The first kappa shape index (κ1) is 14.7. The maximum Gasteiger partial charge on any atom is 0.268 e. The molecule has 0 spiro atoms. The van der Waals surface area contributed by atoms with Crippen LogP contribution in [0.25, 0.3) is 0 Å². The van der Waals surface area contributed by atoms with Crippen LogP contribution < -0.4 is 0 Å². The molecule has 2 aromatic heterocycles. The highest BCUT2D eigenvalue weighted by Gasteiger charge is 2.22. The average molecular weight is 295 g/mol. The van der Waals surface area contributed by atoms with Crippen molar-refractivity contribution in [1.29, 1.82) is 0 Å². The summed E-state index contributed by atoms with van der Waals surface area (Å²) < 4.78 is 14.2. The predicted octanol–water partition coefficient (Wildman–Crippen LogP) is 1.98. The first-order chi connectivity index (χ1) is 9.76. The highest BCUT2D eigenvalue weighted by molar-refractivity contribution is 7.07. The number of furan rings is 1. The number of carbonyl (C=O) groups excluding carboxylic acids is 1. The normalized spacial score (nSPS) is 10.7. The lowest BCUT2D eigenvalue weighted by molar-refractivity contribution is 0.0670. The molecule has 0 aliphatic carbocycles. The van der Waals surface area contributed by atoms with Gasteiger partial charge in [0.15, 0.2) is 0 Å². The fourth-order valence-corrected chi connectivity index (χ4v) is 2.51. The van der Waals surface area contributed by atoms with Crippen molar-refractivity contribution in [3.8, 4) is 0 Å². The number of ether oxygens (including phenoxy) is 1. The Labute approximate surface area is 121 Å². The van der Waals surface area contributed by atoms with Gasteiger partial charge in [-0.3, -0.25) is 4.79 Å². The van der Waals surface area contributed by atoms with Gasteiger partial charge in [-0.2, -0.15) is 0 Å². The quantitative estimate of drug-likeness (QED) is 0.781. The minimum Gasteiger partial charge on any atom is -0.467 e. The zero-order chi connectivity index (χ0) is 14.4. The average Bonchev–Trinajstić information content (AvgIpc) is 3.13. The largest absolute Gasteiger partial charge is 0.467 e. The van der Waals surface area contributed by atoms with Gasteiger partial charge in [0.25, 0.3) is 5.91 Å². The van der Waals surface area contributed by atoms with E-state index in [0.29, 0.717) is 31.0 Å². The molecule has 2 aromatic rings. The molecule has 1 amide bonds. The summed E-state index contributed by atoms with van der Waals surface area (Å²) in [4.78, 5) is 14.9. The fourth-order valence-electron chi connectivity index (χ4n) is 1.79. The molecule has 0 radical (unpaired) electrons. The summed E-state index contributed by atoms with van der Waals surface area (Å²) in [5.74, 6) is 0.662. The molecule has 2 rings (SSSR count). The van der Waals surface area contributed by atoms with Crippen LogP contribution in [0.2, 0.25) is 0 Å². The molecule has 108 valence electrons. The Morgan fingerprint density at radius 2 is 2.40 bits per heavy atom. The topological polar surface area (TPSA) is 68.5 Å². The maximum absolute atomic E-state index is 12.6. The second kappa shape index (κ2) is 7.16. The van der Waals surface area contributed by atoms with Crippen molar-refractivity contribution in [2.45, 2.75) is 19.9 Å². The van der Waals surface area contributed by atoms with Crippen LogP contribution in [0.15, 0.2) is 22.8 Å². The Morgan fingerprint density at radius 1 is 1.55 bits per heavy atom. The summed E-state index contributed by atoms with van der Waals surface area (Å²) in [6.07, 6.45) is 2.29. The molecule has 7 heteroatoms. The van der Waals surface area contributed by atoms with E-state index in [9.17, 15) is 4.79 Å². The van der Waals surface area contributed by atoms with Crippen molar-refractivity contribution >= 4 is 17.4 Å². The number of amides is 1. The number of carbonyl (C=O) groups is 1. The molecule has 0 bridgehead atoms. The highest BCUT2D eigenvalue weighted by atomic mass is 32.1. The van der Waals surface area contributed by atoms with Crippen LogP contribution in [0.1, 0.15) is 28.0 Å². The van der Waals surface area contributed by atoms with E-state index < -0.39 is 0 Å². The SMILES string of the molecule is CCc1nnsc1C(=O)N(CCOC)Cc1ccco1. The van der Waals surface area contributed by atoms with Crippen LogP contribution in [-0.4, -0.2) is 40.7 Å². The minimum absolute atomic E-state index is 0.0784. The summed E-state index contributed by atoms with van der Waals surface area (Å²) in [7, 11) is 1.61. The van der Waals surface area contributed by atoms with Gasteiger partial charge in [-0.15, -0.1) is 5.10 Å². The van der Waals surface area contributed by atoms with E-state index in [-0.39, 0.29) is 5.91 Å². The lowest BCUT2D eigenvalue weighted by atomic mass is 10.2. The third-order valence-electron chi connectivity index (χ3n) is 2.86. The van der Waals surface area contributed by atoms with E-state index in [1.807, 2.05) is 13.0 Å². The molecule has 0 N–H and O–H groups in total. The molecule has 2 heterocycles. The number of aryl methyl sites for hydroxylation is 1. The lowest BCUT2D eigenvalue weighted by Crippen LogP contribution is -2.33. The van der Waals surface area contributed by atoms with Crippen molar-refractivity contribution in [2.24, 2.45) is 0 Å². The zero-order valence-corrected chi connectivity index (χ0v) is 12.4. The summed E-state index contributed by atoms with van der Waals surface area (Å²) in [5, 5.41) is 3.98. The molecular weight excluding hydrogens is 278 g/mol. The summed E-state index contributed by atoms with van der Waals surface area (Å²) in [5.41, 5.74) is 0.738. The molecule has 0 atom stereocenters. The van der Waals surface area contributed by atoms with Crippen LogP contribution in [0.4, 0.5) is 0 Å². The molecule has 0 saturated heterocycles. The van der Waals surface area contributed by atoms with Crippen LogP contribution in [-0.2, 0) is 17.7 Å². The molecule has 0 aliphatic heterocycles. The Hall–Kier alpha value is -1.73. The Bertz CT molecular complexity index is 539. The minimum atomic E-state index is -0.0784. The number of hydrogen-bond acceptors (Lipinski definition) is 6. The molecule has 0 aromatic carbocycles. The van der Waals surface area contributed by atoms with E-state index in [1.54, 1.807) is 24.3 Å². The second-order valence-corrected chi connectivity index (χ2v) is 4.96. The van der Waals surface area contributed by atoms with Gasteiger partial charge >= 0.3 is 0 Å². The van der Waals surface area contributed by atoms with Crippen LogP contribution in [0, 0.1) is 0 Å². The van der Waals surface area contributed by atoms with Crippen molar-refractivity contribution in [3.63, 3.8) is 0 Å². The molecular formula is C13H17N3O3S. The number of nitrogens with zero attached hydrogens (tertiary/aromatic N) is 3. The zero-order valence-electron chi connectivity index (χ0n) is 11.5. The fraction of sp³-hybridized carbons (Fsp3) is 0.462. The summed E-state index contributed by atoms with van der Waals surface area (Å²) in [6.45, 7) is 3.34. The van der Waals surface area contributed by atoms with Crippen molar-refractivity contribution in [1.82, 2.24) is 14.5 Å². The molecule has 20 heavy (non-hydrogen) atoms. The number of methoxy groups -OCH3 is 1. The van der Waals surface area contributed by atoms with Gasteiger partial charge in [-0.05, 0) is 30.1 Å². The molecule has 0 saturated carbocycles. The Kier molecular flexibility index (Phi) is 5.25. The summed E-state index contributed by atoms with van der Waals surface area (Å²) in [6, 6.07) is 3.65. The Morgan fingerprint density at radius 3 is 3.05 bits per heavy atom. The number of rotatable bonds is 7. The van der Waals surface area contributed by atoms with E-state index >= 15 is 0 Å². The van der Waals surface area contributed by atoms with Crippen molar-refractivity contribution < 1.29 is 13.9 Å². The lowest BCUT2D eigenvalue weighted by Gasteiger charge is -2.20. The highest BCUT2D eigenvalue weighted by Crippen LogP contribution is 2.16. The van der Waals surface area contributed by atoms with Crippen molar-refractivity contribution in [2.75, 3.05) is 20.3 Å². The van der Waals surface area contributed by atoms with E-state index in [1.165, 1.54) is 0 Å². The van der Waals surface area contributed by atoms with Crippen LogP contribution in [0.5, 0.6) is 0 Å².